The Balaban J connectivity index is 1.39. The van der Waals surface area contributed by atoms with Crippen LogP contribution < -0.4 is 20.2 Å². The topological polar surface area (TPSA) is 40.6 Å². The summed E-state index contributed by atoms with van der Waals surface area (Å²) in [5.74, 6) is 1.11. The lowest BCUT2D eigenvalue weighted by atomic mass is 9.92. The molecule has 0 saturated heterocycles. The zero-order valence-electron chi connectivity index (χ0n) is 46.2. The lowest BCUT2D eigenvalue weighted by Gasteiger charge is -2.28. The molecule has 2 atom stereocenters. The van der Waals surface area contributed by atoms with E-state index in [4.69, 9.17) is 0 Å². The molecule has 4 aromatic carbocycles. The maximum atomic E-state index is 15.3. The first-order valence-electron chi connectivity index (χ1n) is 30.1. The zero-order valence-corrected chi connectivity index (χ0v) is 47.8. The van der Waals surface area contributed by atoms with Crippen molar-refractivity contribution in [1.29, 1.82) is 0 Å². The van der Waals surface area contributed by atoms with Crippen LogP contribution >= 0.6 is 15.9 Å². The van der Waals surface area contributed by atoms with Crippen LogP contribution in [-0.2, 0) is 9.59 Å². The highest BCUT2D eigenvalue weighted by Crippen LogP contribution is 2.40. The van der Waals surface area contributed by atoms with Crippen LogP contribution in [0.2, 0.25) is 0 Å². The maximum absolute atomic E-state index is 15.3. The van der Waals surface area contributed by atoms with Gasteiger partial charge in [0.25, 0.3) is 11.8 Å². The minimum Gasteiger partial charge on any atom is -0.307 e. The second kappa shape index (κ2) is 31.9. The standard InChI is InChI=1S/C67H97BrN2O2/c1-6-10-14-18-22-24-28-32-36-53(34-30-26-20-16-12-8-3)50-69-64-58-47-49-61-63(56-42-44-57(68)45-43-56)67(72)70(51-54(35-31-27-21-17-13-9-4)37-33-29-25-23-19-15-11-7-2)65(61)59(58)46-48-60(64)62(66(69)71)55-40-38-52(5)39-41-55/h38-49,53-54H,6-37,50-51H2,1-5H3. The molecule has 0 aromatic heterocycles. The number of rotatable bonds is 38. The molecule has 6 rings (SSSR count). The van der Waals surface area contributed by atoms with Crippen molar-refractivity contribution in [3.8, 4) is 0 Å². The van der Waals surface area contributed by atoms with Crippen LogP contribution in [0.15, 0.2) is 77.3 Å². The van der Waals surface area contributed by atoms with Crippen LogP contribution in [0.3, 0.4) is 0 Å². The van der Waals surface area contributed by atoms with E-state index >= 15 is 9.59 Å². The molecule has 0 fully saturated rings. The Morgan fingerprint density at radius 1 is 0.375 bits per heavy atom. The van der Waals surface area contributed by atoms with Crippen molar-refractivity contribution in [3.63, 3.8) is 0 Å². The first-order valence-corrected chi connectivity index (χ1v) is 30.9. The molecule has 4 aromatic rings. The third-order valence-corrected chi connectivity index (χ3v) is 16.9. The molecular weight excluding hydrogens is 945 g/mol. The summed E-state index contributed by atoms with van der Waals surface area (Å²) >= 11 is 3.67. The average molecular weight is 1040 g/mol. The molecule has 2 heterocycles. The molecule has 0 spiro atoms. The summed E-state index contributed by atoms with van der Waals surface area (Å²) in [6.07, 6.45) is 41.1. The fourth-order valence-corrected chi connectivity index (χ4v) is 12.3. The van der Waals surface area contributed by atoms with Gasteiger partial charge in [-0.1, -0.05) is 290 Å². The van der Waals surface area contributed by atoms with Crippen LogP contribution in [0.25, 0.3) is 21.9 Å². The van der Waals surface area contributed by atoms with E-state index in [1.165, 1.54) is 185 Å². The molecular formula is C67H97BrN2O2. The smallest absolute Gasteiger partial charge is 0.259 e. The SMILES string of the molecule is CCCCCCCCCCC(CCCCCCCC)CN1C(=O)C(c2ccc(C)cc2)=c2ccc3c4c(ccc3c21)=C(c1ccc(Br)cc1)C(=O)N4CC(CCCCCCCC)CCCCCCCCCC. The fourth-order valence-electron chi connectivity index (χ4n) is 12.0. The normalized spacial score (nSPS) is 14.3. The average Bonchev–Trinajstić information content (AvgIpc) is 3.83. The third kappa shape index (κ3) is 16.7. The number of hydrogen-bond acceptors (Lipinski definition) is 2. The first kappa shape index (κ1) is 57.6. The van der Waals surface area contributed by atoms with Gasteiger partial charge in [0.2, 0.25) is 0 Å². The van der Waals surface area contributed by atoms with Gasteiger partial charge in [-0.25, -0.2) is 0 Å². The predicted molar refractivity (Wildman–Crippen MR) is 316 cm³/mol. The van der Waals surface area contributed by atoms with Crippen molar-refractivity contribution in [2.24, 2.45) is 11.8 Å². The quantitative estimate of drug-likeness (QED) is 0.0420. The highest BCUT2D eigenvalue weighted by atomic mass is 79.9. The second-order valence-corrected chi connectivity index (χ2v) is 23.3. The van der Waals surface area contributed by atoms with Crippen LogP contribution in [0.1, 0.15) is 250 Å². The number of halogens is 1. The van der Waals surface area contributed by atoms with Crippen molar-refractivity contribution < 1.29 is 9.59 Å². The summed E-state index contributed by atoms with van der Waals surface area (Å²) in [4.78, 5) is 35.1. The molecule has 2 unspecified atom stereocenters. The molecule has 0 bridgehead atoms. The largest absolute Gasteiger partial charge is 0.307 e. The molecule has 0 saturated carbocycles. The summed E-state index contributed by atoms with van der Waals surface area (Å²) in [7, 11) is 0. The van der Waals surface area contributed by atoms with E-state index in [1.807, 2.05) is 0 Å². The molecule has 2 aliphatic heterocycles. The van der Waals surface area contributed by atoms with Crippen molar-refractivity contribution in [2.45, 2.75) is 240 Å². The van der Waals surface area contributed by atoms with E-state index in [9.17, 15) is 0 Å². The van der Waals surface area contributed by atoms with E-state index in [1.54, 1.807) is 0 Å². The molecule has 0 N–H and O–H groups in total. The summed E-state index contributed by atoms with van der Waals surface area (Å²) in [5, 5.41) is 4.24. The highest BCUT2D eigenvalue weighted by molar-refractivity contribution is 9.10. The maximum Gasteiger partial charge on any atom is 0.259 e. The minimum atomic E-state index is 0.119. The molecule has 5 heteroatoms. The number of anilines is 2. The van der Waals surface area contributed by atoms with E-state index in [0.717, 1.165) is 98.1 Å². The van der Waals surface area contributed by atoms with E-state index in [2.05, 4.69) is 133 Å². The van der Waals surface area contributed by atoms with Gasteiger partial charge < -0.3 is 9.80 Å². The van der Waals surface area contributed by atoms with Gasteiger partial charge in [0.05, 0.1) is 22.5 Å². The molecule has 72 heavy (non-hydrogen) atoms. The fraction of sp³-hybridized carbons (Fsp3) is 0.612. The first-order chi connectivity index (χ1) is 35.3. The second-order valence-electron chi connectivity index (χ2n) is 22.3. The summed E-state index contributed by atoms with van der Waals surface area (Å²) in [5.41, 5.74) is 6.86. The Bertz CT molecular complexity index is 2200. The highest BCUT2D eigenvalue weighted by Gasteiger charge is 2.37. The van der Waals surface area contributed by atoms with Gasteiger partial charge >= 0.3 is 0 Å². The Morgan fingerprint density at radius 3 is 0.986 bits per heavy atom. The van der Waals surface area contributed by atoms with Gasteiger partial charge in [-0.2, -0.15) is 0 Å². The van der Waals surface area contributed by atoms with E-state index < -0.39 is 0 Å². The van der Waals surface area contributed by atoms with Crippen molar-refractivity contribution >= 4 is 61.0 Å². The third-order valence-electron chi connectivity index (χ3n) is 16.4. The van der Waals surface area contributed by atoms with Gasteiger partial charge in [-0.15, -0.1) is 0 Å². The number of carbonyl (C=O) groups is 2. The number of aryl methyl sites for hydroxylation is 1. The lowest BCUT2D eigenvalue weighted by molar-refractivity contribution is -0.114. The van der Waals surface area contributed by atoms with Crippen LogP contribution in [-0.4, -0.2) is 24.9 Å². The molecule has 4 nitrogen and oxygen atoms in total. The molecule has 0 aliphatic carbocycles. The number of carbonyl (C=O) groups excluding carboxylic acids is 2. The lowest BCUT2D eigenvalue weighted by Crippen LogP contribution is -2.34. The van der Waals surface area contributed by atoms with Crippen molar-refractivity contribution in [1.82, 2.24) is 0 Å². The monoisotopic (exact) mass is 1040 g/mol. The van der Waals surface area contributed by atoms with Crippen molar-refractivity contribution in [2.75, 3.05) is 22.9 Å². The van der Waals surface area contributed by atoms with Gasteiger partial charge in [0, 0.05) is 38.8 Å². The molecule has 394 valence electrons. The van der Waals surface area contributed by atoms with Gasteiger partial charge in [0.1, 0.15) is 0 Å². The van der Waals surface area contributed by atoms with Crippen LogP contribution in [0.4, 0.5) is 11.4 Å². The summed E-state index contributed by atoms with van der Waals surface area (Å²) in [6.45, 7) is 12.8. The van der Waals surface area contributed by atoms with E-state index in [-0.39, 0.29) is 11.8 Å². The van der Waals surface area contributed by atoms with Crippen LogP contribution in [0, 0.1) is 18.8 Å². The number of hydrogen-bond donors (Lipinski definition) is 0. The van der Waals surface area contributed by atoms with E-state index in [0.29, 0.717) is 11.8 Å². The number of fused-ring (bicyclic) bond motifs is 5. The van der Waals surface area contributed by atoms with Crippen LogP contribution in [0.5, 0.6) is 0 Å². The van der Waals surface area contributed by atoms with Gasteiger partial charge in [-0.3, -0.25) is 9.59 Å². The predicted octanol–water partition coefficient (Wildman–Crippen LogP) is 18.8. The molecule has 0 radical (unpaired) electrons. The summed E-state index contributed by atoms with van der Waals surface area (Å²) < 4.78 is 1.01. The van der Waals surface area contributed by atoms with Gasteiger partial charge in [0.15, 0.2) is 0 Å². The molecule has 2 amide bonds. The van der Waals surface area contributed by atoms with Gasteiger partial charge in [-0.05, 0) is 67.7 Å². The number of nitrogens with zero attached hydrogens (tertiary/aromatic N) is 2. The number of unbranched alkanes of at least 4 members (excludes halogenated alkanes) is 24. The summed E-state index contributed by atoms with van der Waals surface area (Å²) in [6, 6.07) is 25.9. The Labute approximate surface area is 447 Å². The van der Waals surface area contributed by atoms with Crippen molar-refractivity contribution in [3.05, 3.63) is 104 Å². The zero-order chi connectivity index (χ0) is 50.9. The Morgan fingerprint density at radius 2 is 0.667 bits per heavy atom. The number of amides is 2. The number of benzene rings is 4. The minimum absolute atomic E-state index is 0.119. The Hall–Kier alpha value is -3.70. The molecule has 2 aliphatic rings. The Kier molecular flexibility index (Phi) is 25.5.